The Morgan fingerprint density at radius 2 is 2.00 bits per heavy atom. The molecule has 0 saturated carbocycles. The molecule has 0 radical (unpaired) electrons. The van der Waals surface area contributed by atoms with Crippen molar-refractivity contribution in [2.75, 3.05) is 20.2 Å². The van der Waals surface area contributed by atoms with Gasteiger partial charge in [-0.1, -0.05) is 12.1 Å². The number of amides is 1. The van der Waals surface area contributed by atoms with Gasteiger partial charge in [0.2, 0.25) is 11.8 Å². The number of aromatic nitrogens is 2. The molecule has 3 rings (SSSR count). The summed E-state index contributed by atoms with van der Waals surface area (Å²) in [7, 11) is 1.63. The van der Waals surface area contributed by atoms with Crippen molar-refractivity contribution in [1.82, 2.24) is 14.9 Å². The summed E-state index contributed by atoms with van der Waals surface area (Å²) >= 11 is 0. The van der Waals surface area contributed by atoms with Crippen LogP contribution >= 0.6 is 0 Å². The number of hydrogen-bond acceptors (Lipinski definition) is 5. The van der Waals surface area contributed by atoms with E-state index in [2.05, 4.69) is 9.97 Å². The van der Waals surface area contributed by atoms with Gasteiger partial charge < -0.3 is 14.4 Å². The first-order valence-corrected chi connectivity index (χ1v) is 9.13. The number of nitrogens with zero attached hydrogens (tertiary/aromatic N) is 3. The van der Waals surface area contributed by atoms with Crippen molar-refractivity contribution >= 4 is 12.0 Å². The number of likely N-dealkylation sites (tertiary alicyclic amines) is 1. The van der Waals surface area contributed by atoms with Gasteiger partial charge in [-0.2, -0.15) is 4.98 Å². The number of carbonyl (C=O) groups is 1. The second-order valence-corrected chi connectivity index (χ2v) is 6.67. The fraction of sp³-hybridized carbons (Fsp3) is 0.381. The highest BCUT2D eigenvalue weighted by Crippen LogP contribution is 2.18. The quantitative estimate of drug-likeness (QED) is 0.760. The fourth-order valence-electron chi connectivity index (χ4n) is 3.14. The Kier molecular flexibility index (Phi) is 6.06. The molecule has 0 bridgehead atoms. The minimum absolute atomic E-state index is 0.00540. The van der Waals surface area contributed by atoms with E-state index in [1.807, 2.05) is 55.2 Å². The van der Waals surface area contributed by atoms with E-state index in [9.17, 15) is 4.79 Å². The summed E-state index contributed by atoms with van der Waals surface area (Å²) in [6.45, 7) is 5.07. The van der Waals surface area contributed by atoms with Crippen molar-refractivity contribution in [3.05, 3.63) is 53.5 Å². The Hall–Kier alpha value is -2.89. The zero-order chi connectivity index (χ0) is 19.2. The van der Waals surface area contributed by atoms with Crippen molar-refractivity contribution in [2.45, 2.75) is 32.8 Å². The third-order valence-electron chi connectivity index (χ3n) is 4.45. The van der Waals surface area contributed by atoms with Crippen LogP contribution in [-0.2, 0) is 4.79 Å². The number of piperidine rings is 1. The Morgan fingerprint density at radius 1 is 1.22 bits per heavy atom. The normalized spacial score (nSPS) is 17.1. The van der Waals surface area contributed by atoms with Crippen LogP contribution in [0.4, 0.5) is 0 Å². The standard InChI is InChI=1S/C21H25N3O3/c1-15-13-20(23-16(2)22-15)27-19-5-4-12-24(14-19)21(25)11-8-17-6-9-18(26-3)10-7-17/h6-11,13,19H,4-5,12,14H2,1-3H3/b11-8+. The molecule has 1 aliphatic heterocycles. The second kappa shape index (κ2) is 8.66. The Balaban J connectivity index is 1.59. The van der Waals surface area contributed by atoms with Gasteiger partial charge in [-0.25, -0.2) is 4.98 Å². The predicted molar refractivity (Wildman–Crippen MR) is 104 cm³/mol. The molecule has 2 aromatic rings. The summed E-state index contributed by atoms with van der Waals surface area (Å²) in [5.41, 5.74) is 1.84. The number of rotatable bonds is 5. The average Bonchev–Trinajstić information content (AvgIpc) is 2.66. The lowest BCUT2D eigenvalue weighted by molar-refractivity contribution is -0.128. The Bertz CT molecular complexity index is 798. The molecule has 0 spiro atoms. The maximum Gasteiger partial charge on any atom is 0.246 e. The van der Waals surface area contributed by atoms with Gasteiger partial charge in [-0.15, -0.1) is 0 Å². The molecule has 142 valence electrons. The van der Waals surface area contributed by atoms with E-state index in [-0.39, 0.29) is 12.0 Å². The molecule has 1 fully saturated rings. The molecule has 1 amide bonds. The van der Waals surface area contributed by atoms with Crippen LogP contribution in [0.2, 0.25) is 0 Å². The molecule has 0 N–H and O–H groups in total. The summed E-state index contributed by atoms with van der Waals surface area (Å²) in [5, 5.41) is 0. The van der Waals surface area contributed by atoms with Crippen LogP contribution in [-0.4, -0.2) is 47.1 Å². The lowest BCUT2D eigenvalue weighted by Crippen LogP contribution is -2.43. The molecule has 6 heteroatoms. The fourth-order valence-corrected chi connectivity index (χ4v) is 3.14. The van der Waals surface area contributed by atoms with Crippen molar-refractivity contribution in [3.63, 3.8) is 0 Å². The van der Waals surface area contributed by atoms with E-state index in [0.717, 1.165) is 36.4 Å². The Labute approximate surface area is 159 Å². The molecule has 1 saturated heterocycles. The van der Waals surface area contributed by atoms with Crippen LogP contribution in [0.15, 0.2) is 36.4 Å². The summed E-state index contributed by atoms with van der Waals surface area (Å²) in [4.78, 5) is 23.0. The van der Waals surface area contributed by atoms with E-state index < -0.39 is 0 Å². The maximum atomic E-state index is 12.5. The molecule has 1 aromatic heterocycles. The molecule has 1 aliphatic rings. The van der Waals surface area contributed by atoms with Crippen LogP contribution in [0.25, 0.3) is 6.08 Å². The minimum Gasteiger partial charge on any atom is -0.497 e. The van der Waals surface area contributed by atoms with Crippen LogP contribution in [0.5, 0.6) is 11.6 Å². The first-order valence-electron chi connectivity index (χ1n) is 9.13. The first kappa shape index (κ1) is 18.9. The van der Waals surface area contributed by atoms with Gasteiger partial charge in [0.15, 0.2) is 0 Å². The highest BCUT2D eigenvalue weighted by atomic mass is 16.5. The summed E-state index contributed by atoms with van der Waals surface area (Å²) in [6.07, 6.45) is 5.21. The van der Waals surface area contributed by atoms with E-state index in [1.165, 1.54) is 0 Å². The number of benzene rings is 1. The lowest BCUT2D eigenvalue weighted by Gasteiger charge is -2.32. The third-order valence-corrected chi connectivity index (χ3v) is 4.45. The molecule has 0 aliphatic carbocycles. The van der Waals surface area contributed by atoms with Gasteiger partial charge in [0.1, 0.15) is 17.7 Å². The zero-order valence-corrected chi connectivity index (χ0v) is 16.0. The Morgan fingerprint density at radius 3 is 2.70 bits per heavy atom. The molecular weight excluding hydrogens is 342 g/mol. The molecule has 1 atom stereocenters. The average molecular weight is 367 g/mol. The molecule has 6 nitrogen and oxygen atoms in total. The van der Waals surface area contributed by atoms with Crippen molar-refractivity contribution < 1.29 is 14.3 Å². The topological polar surface area (TPSA) is 64.5 Å². The number of ether oxygens (including phenoxy) is 2. The highest BCUT2D eigenvalue weighted by Gasteiger charge is 2.24. The summed E-state index contributed by atoms with van der Waals surface area (Å²) < 4.78 is 11.1. The van der Waals surface area contributed by atoms with E-state index in [1.54, 1.807) is 13.2 Å². The van der Waals surface area contributed by atoms with Gasteiger partial charge in [-0.05, 0) is 50.5 Å². The largest absolute Gasteiger partial charge is 0.497 e. The van der Waals surface area contributed by atoms with Gasteiger partial charge in [0.05, 0.1) is 13.7 Å². The van der Waals surface area contributed by atoms with Crippen molar-refractivity contribution in [1.29, 1.82) is 0 Å². The third kappa shape index (κ3) is 5.29. The highest BCUT2D eigenvalue weighted by molar-refractivity contribution is 5.91. The molecule has 1 aromatic carbocycles. The van der Waals surface area contributed by atoms with Gasteiger partial charge in [0.25, 0.3) is 0 Å². The van der Waals surface area contributed by atoms with Gasteiger partial charge >= 0.3 is 0 Å². The number of aryl methyl sites for hydroxylation is 2. The minimum atomic E-state index is -0.0502. The first-order chi connectivity index (χ1) is 13.0. The predicted octanol–water partition coefficient (Wildman–Crippen LogP) is 3.19. The van der Waals surface area contributed by atoms with Crippen LogP contribution in [0, 0.1) is 13.8 Å². The molecular formula is C21H25N3O3. The lowest BCUT2D eigenvalue weighted by atomic mass is 10.1. The molecule has 2 heterocycles. The number of hydrogen-bond donors (Lipinski definition) is 0. The number of carbonyl (C=O) groups excluding carboxylic acids is 1. The van der Waals surface area contributed by atoms with Crippen LogP contribution < -0.4 is 9.47 Å². The van der Waals surface area contributed by atoms with Gasteiger partial charge in [0, 0.05) is 24.4 Å². The number of methoxy groups -OCH3 is 1. The zero-order valence-electron chi connectivity index (χ0n) is 16.0. The summed E-state index contributed by atoms with van der Waals surface area (Å²) in [5.74, 6) is 2.06. The monoisotopic (exact) mass is 367 g/mol. The smallest absolute Gasteiger partial charge is 0.246 e. The maximum absolute atomic E-state index is 12.5. The molecule has 1 unspecified atom stereocenters. The van der Waals surface area contributed by atoms with Crippen LogP contribution in [0.3, 0.4) is 0 Å². The SMILES string of the molecule is COc1ccc(/C=C/C(=O)N2CCCC(Oc3cc(C)nc(C)n3)C2)cc1. The van der Waals surface area contributed by atoms with E-state index >= 15 is 0 Å². The van der Waals surface area contributed by atoms with Crippen molar-refractivity contribution in [2.24, 2.45) is 0 Å². The van der Waals surface area contributed by atoms with E-state index in [4.69, 9.17) is 9.47 Å². The second-order valence-electron chi connectivity index (χ2n) is 6.67. The van der Waals surface area contributed by atoms with Crippen LogP contribution in [0.1, 0.15) is 29.9 Å². The molecule has 27 heavy (non-hydrogen) atoms. The van der Waals surface area contributed by atoms with Crippen molar-refractivity contribution in [3.8, 4) is 11.6 Å². The van der Waals surface area contributed by atoms with E-state index in [0.29, 0.717) is 18.2 Å². The summed E-state index contributed by atoms with van der Waals surface area (Å²) in [6, 6.07) is 9.42. The van der Waals surface area contributed by atoms with Gasteiger partial charge in [-0.3, -0.25) is 4.79 Å².